The SMILES string of the molecule is Cc1cc(C)nc(N/N=C2\CCCC\C2=C\c2ccccc2)n1. The average Bonchev–Trinajstić information content (AvgIpc) is 2.54. The highest BCUT2D eigenvalue weighted by atomic mass is 15.4. The van der Waals surface area contributed by atoms with E-state index in [1.807, 2.05) is 26.0 Å². The van der Waals surface area contributed by atoms with Crippen molar-refractivity contribution in [3.63, 3.8) is 0 Å². The van der Waals surface area contributed by atoms with Gasteiger partial charge in [0.25, 0.3) is 0 Å². The van der Waals surface area contributed by atoms with Crippen molar-refractivity contribution < 1.29 is 0 Å². The molecule has 3 rings (SSSR count). The number of hydrogen-bond donors (Lipinski definition) is 1. The third-order valence-electron chi connectivity index (χ3n) is 3.89. The van der Waals surface area contributed by atoms with Gasteiger partial charge in [0, 0.05) is 11.4 Å². The summed E-state index contributed by atoms with van der Waals surface area (Å²) in [6.45, 7) is 3.93. The van der Waals surface area contributed by atoms with Crippen LogP contribution in [0.15, 0.2) is 47.1 Å². The van der Waals surface area contributed by atoms with Gasteiger partial charge in [0.15, 0.2) is 0 Å². The second kappa shape index (κ2) is 7.18. The number of allylic oxidation sites excluding steroid dienone is 1. The van der Waals surface area contributed by atoms with Gasteiger partial charge < -0.3 is 0 Å². The first-order valence-electron chi connectivity index (χ1n) is 8.11. The van der Waals surface area contributed by atoms with Crippen LogP contribution in [-0.2, 0) is 0 Å². The summed E-state index contributed by atoms with van der Waals surface area (Å²) >= 11 is 0. The van der Waals surface area contributed by atoms with Crippen molar-refractivity contribution in [3.05, 3.63) is 58.9 Å². The van der Waals surface area contributed by atoms with Crippen molar-refractivity contribution in [2.24, 2.45) is 5.10 Å². The smallest absolute Gasteiger partial charge is 0.243 e. The second-order valence-corrected chi connectivity index (χ2v) is 5.93. The standard InChI is InChI=1S/C19H22N4/c1-14-12-15(2)21-19(20-14)23-22-18-11-7-6-10-17(18)13-16-8-4-3-5-9-16/h3-5,8-9,12-13H,6-7,10-11H2,1-2H3,(H,20,21,23)/b17-13-,22-18+. The summed E-state index contributed by atoms with van der Waals surface area (Å²) in [5, 5.41) is 4.59. The van der Waals surface area contributed by atoms with Gasteiger partial charge in [0.1, 0.15) is 0 Å². The second-order valence-electron chi connectivity index (χ2n) is 5.93. The van der Waals surface area contributed by atoms with Crippen molar-refractivity contribution in [3.8, 4) is 0 Å². The molecule has 0 atom stereocenters. The highest BCUT2D eigenvalue weighted by molar-refractivity contribution is 6.04. The minimum Gasteiger partial charge on any atom is -0.245 e. The fraction of sp³-hybridized carbons (Fsp3) is 0.316. The van der Waals surface area contributed by atoms with E-state index >= 15 is 0 Å². The molecule has 1 heterocycles. The van der Waals surface area contributed by atoms with Crippen LogP contribution in [0.3, 0.4) is 0 Å². The van der Waals surface area contributed by atoms with Gasteiger partial charge in [-0.2, -0.15) is 5.10 Å². The van der Waals surface area contributed by atoms with Crippen LogP contribution in [-0.4, -0.2) is 15.7 Å². The maximum Gasteiger partial charge on any atom is 0.243 e. The third kappa shape index (κ3) is 4.25. The number of hydrogen-bond acceptors (Lipinski definition) is 4. The van der Waals surface area contributed by atoms with E-state index in [0.717, 1.165) is 29.9 Å². The Kier molecular flexibility index (Phi) is 4.81. The van der Waals surface area contributed by atoms with Crippen LogP contribution < -0.4 is 5.43 Å². The van der Waals surface area contributed by atoms with Gasteiger partial charge in [0.2, 0.25) is 5.95 Å². The molecule has 118 valence electrons. The molecule has 0 spiro atoms. The lowest BCUT2D eigenvalue weighted by Gasteiger charge is -2.17. The van der Waals surface area contributed by atoms with Gasteiger partial charge in [-0.1, -0.05) is 30.3 Å². The molecule has 1 aliphatic carbocycles. The van der Waals surface area contributed by atoms with Crippen molar-refractivity contribution in [2.75, 3.05) is 5.43 Å². The fourth-order valence-corrected chi connectivity index (χ4v) is 2.84. The molecule has 1 saturated carbocycles. The van der Waals surface area contributed by atoms with Crippen LogP contribution in [0.5, 0.6) is 0 Å². The summed E-state index contributed by atoms with van der Waals surface area (Å²) in [7, 11) is 0. The predicted molar refractivity (Wildman–Crippen MR) is 95.5 cm³/mol. The molecule has 1 N–H and O–H groups in total. The van der Waals surface area contributed by atoms with Crippen molar-refractivity contribution in [1.29, 1.82) is 0 Å². The average molecular weight is 306 g/mol. The Bertz CT molecular complexity index is 712. The molecule has 1 aromatic carbocycles. The van der Waals surface area contributed by atoms with Crippen LogP contribution in [0.4, 0.5) is 5.95 Å². The molecular formula is C19H22N4. The van der Waals surface area contributed by atoms with E-state index in [9.17, 15) is 0 Å². The Balaban J connectivity index is 1.82. The maximum atomic E-state index is 4.59. The molecular weight excluding hydrogens is 284 g/mol. The van der Waals surface area contributed by atoms with Crippen molar-refractivity contribution >= 4 is 17.7 Å². The summed E-state index contributed by atoms with van der Waals surface area (Å²) in [5.41, 5.74) is 8.57. The molecule has 23 heavy (non-hydrogen) atoms. The topological polar surface area (TPSA) is 50.2 Å². The molecule has 0 amide bonds. The van der Waals surface area contributed by atoms with Crippen LogP contribution in [0.1, 0.15) is 42.6 Å². The number of anilines is 1. The van der Waals surface area contributed by atoms with E-state index in [2.05, 4.69) is 50.8 Å². The van der Waals surface area contributed by atoms with E-state index in [-0.39, 0.29) is 0 Å². The molecule has 0 aliphatic heterocycles. The first kappa shape index (κ1) is 15.4. The quantitative estimate of drug-likeness (QED) is 0.848. The third-order valence-corrected chi connectivity index (χ3v) is 3.89. The molecule has 0 saturated heterocycles. The molecule has 1 aliphatic rings. The molecule has 0 bridgehead atoms. The van der Waals surface area contributed by atoms with Crippen molar-refractivity contribution in [2.45, 2.75) is 39.5 Å². The summed E-state index contributed by atoms with van der Waals surface area (Å²) < 4.78 is 0. The lowest BCUT2D eigenvalue weighted by atomic mass is 9.91. The highest BCUT2D eigenvalue weighted by Gasteiger charge is 2.13. The monoisotopic (exact) mass is 306 g/mol. The number of hydrazone groups is 1. The minimum absolute atomic E-state index is 0.569. The summed E-state index contributed by atoms with van der Waals surface area (Å²) in [6, 6.07) is 12.4. The Morgan fingerprint density at radius 1 is 1.00 bits per heavy atom. The van der Waals surface area contributed by atoms with Gasteiger partial charge in [-0.3, -0.25) is 0 Å². The maximum absolute atomic E-state index is 4.59. The van der Waals surface area contributed by atoms with Gasteiger partial charge >= 0.3 is 0 Å². The number of rotatable bonds is 3. The number of aryl methyl sites for hydroxylation is 2. The lowest BCUT2D eigenvalue weighted by Crippen LogP contribution is -2.12. The van der Waals surface area contributed by atoms with E-state index < -0.39 is 0 Å². The first-order valence-corrected chi connectivity index (χ1v) is 8.11. The normalized spacial score (nSPS) is 18.3. The Morgan fingerprint density at radius 2 is 1.70 bits per heavy atom. The van der Waals surface area contributed by atoms with Gasteiger partial charge in [0.05, 0.1) is 5.71 Å². The molecule has 4 heteroatoms. The minimum atomic E-state index is 0.569. The Labute approximate surface area is 137 Å². The number of aromatic nitrogens is 2. The van der Waals surface area contributed by atoms with Gasteiger partial charge in [-0.25, -0.2) is 15.4 Å². The first-order chi connectivity index (χ1) is 11.2. The molecule has 1 fully saturated rings. The number of nitrogens with one attached hydrogen (secondary N) is 1. The van der Waals surface area contributed by atoms with Crippen LogP contribution >= 0.6 is 0 Å². The summed E-state index contributed by atoms with van der Waals surface area (Å²) in [6.07, 6.45) is 6.71. The fourth-order valence-electron chi connectivity index (χ4n) is 2.84. The van der Waals surface area contributed by atoms with E-state index in [0.29, 0.717) is 5.95 Å². The zero-order chi connectivity index (χ0) is 16.1. The lowest BCUT2D eigenvalue weighted by molar-refractivity contribution is 0.734. The van der Waals surface area contributed by atoms with E-state index in [1.54, 1.807) is 0 Å². The highest BCUT2D eigenvalue weighted by Crippen LogP contribution is 2.23. The van der Waals surface area contributed by atoms with Gasteiger partial charge in [-0.05, 0) is 62.8 Å². The Morgan fingerprint density at radius 3 is 2.43 bits per heavy atom. The number of benzene rings is 1. The van der Waals surface area contributed by atoms with Crippen LogP contribution in [0.25, 0.3) is 6.08 Å². The molecule has 0 unspecified atom stereocenters. The summed E-state index contributed by atoms with van der Waals surface area (Å²) in [5.74, 6) is 0.569. The summed E-state index contributed by atoms with van der Waals surface area (Å²) in [4.78, 5) is 8.76. The van der Waals surface area contributed by atoms with E-state index in [1.165, 1.54) is 24.0 Å². The Hall–Kier alpha value is -2.49. The largest absolute Gasteiger partial charge is 0.245 e. The molecule has 1 aromatic heterocycles. The van der Waals surface area contributed by atoms with E-state index in [4.69, 9.17) is 0 Å². The van der Waals surface area contributed by atoms with Crippen LogP contribution in [0.2, 0.25) is 0 Å². The molecule has 0 radical (unpaired) electrons. The zero-order valence-corrected chi connectivity index (χ0v) is 13.7. The van der Waals surface area contributed by atoms with Crippen molar-refractivity contribution in [1.82, 2.24) is 9.97 Å². The predicted octanol–water partition coefficient (Wildman–Crippen LogP) is 4.52. The molecule has 2 aromatic rings. The zero-order valence-electron chi connectivity index (χ0n) is 13.7. The molecule has 4 nitrogen and oxygen atoms in total. The van der Waals surface area contributed by atoms with Crippen LogP contribution in [0, 0.1) is 13.8 Å². The van der Waals surface area contributed by atoms with Gasteiger partial charge in [-0.15, -0.1) is 0 Å². The number of nitrogens with zero attached hydrogens (tertiary/aromatic N) is 3.